The summed E-state index contributed by atoms with van der Waals surface area (Å²) in [6, 6.07) is 9.96. The molecule has 5 nitrogen and oxygen atoms in total. The lowest BCUT2D eigenvalue weighted by atomic mass is 9.95. The lowest BCUT2D eigenvalue weighted by molar-refractivity contribution is 0.112. The summed E-state index contributed by atoms with van der Waals surface area (Å²) in [5.74, 6) is 5.25. The van der Waals surface area contributed by atoms with Crippen LogP contribution >= 0.6 is 24.6 Å². The molecule has 1 saturated carbocycles. The molecule has 0 saturated heterocycles. The molecule has 1 aliphatic rings. The fraction of sp³-hybridized carbons (Fsp3) is 0.389. The molecule has 1 aliphatic carbocycles. The van der Waals surface area contributed by atoms with Crippen molar-refractivity contribution in [2.24, 2.45) is 5.84 Å². The van der Waals surface area contributed by atoms with E-state index in [1.165, 1.54) is 32.1 Å². The second-order valence-electron chi connectivity index (χ2n) is 5.89. The van der Waals surface area contributed by atoms with E-state index in [9.17, 15) is 4.79 Å². The second kappa shape index (κ2) is 11.0. The third kappa shape index (κ3) is 5.92. The Morgan fingerprint density at radius 3 is 2.60 bits per heavy atom. The van der Waals surface area contributed by atoms with Crippen LogP contribution in [0.5, 0.6) is 0 Å². The Kier molecular flexibility index (Phi) is 9.34. The van der Waals surface area contributed by atoms with Crippen molar-refractivity contribution in [3.8, 4) is 0 Å². The summed E-state index contributed by atoms with van der Waals surface area (Å²) in [7, 11) is 2.01. The number of fused-ring (bicyclic) bond motifs is 1. The van der Waals surface area contributed by atoms with E-state index in [0.717, 1.165) is 17.2 Å². The molecular formula is C18H25ClN4OS. The van der Waals surface area contributed by atoms with Gasteiger partial charge < -0.3 is 10.3 Å². The van der Waals surface area contributed by atoms with Gasteiger partial charge >= 0.3 is 0 Å². The predicted octanol–water partition coefficient (Wildman–Crippen LogP) is 3.47. The zero-order valence-corrected chi connectivity index (χ0v) is 16.0. The molecule has 2 aromatic rings. The number of aldehydes is 1. The van der Waals surface area contributed by atoms with Crippen molar-refractivity contribution in [2.45, 2.75) is 38.1 Å². The smallest absolute Gasteiger partial charge is 0.183 e. The van der Waals surface area contributed by atoms with Crippen molar-refractivity contribution in [1.29, 1.82) is 0 Å². The minimum Gasteiger partial charge on any atom is -0.348 e. The molecule has 3 N–H and O–H groups in total. The number of nitrogens with zero attached hydrogens (tertiary/aromatic N) is 2. The zero-order chi connectivity index (χ0) is 17.4. The van der Waals surface area contributed by atoms with Crippen molar-refractivity contribution in [2.75, 3.05) is 7.05 Å². The topological polar surface area (TPSA) is 71.2 Å². The highest BCUT2D eigenvalue weighted by molar-refractivity contribution is 7.80. The van der Waals surface area contributed by atoms with Gasteiger partial charge in [0.25, 0.3) is 0 Å². The number of thiocarbonyl (C=S) groups is 1. The minimum absolute atomic E-state index is 0. The first-order valence-electron chi connectivity index (χ1n) is 8.19. The van der Waals surface area contributed by atoms with E-state index in [2.05, 4.69) is 15.3 Å². The first-order valence-corrected chi connectivity index (χ1v) is 8.60. The Bertz CT molecular complexity index is 686. The fourth-order valence-corrected chi connectivity index (χ4v) is 3.11. The van der Waals surface area contributed by atoms with Crippen LogP contribution < -0.4 is 11.3 Å². The van der Waals surface area contributed by atoms with Gasteiger partial charge in [0.1, 0.15) is 0 Å². The number of halogens is 1. The lowest BCUT2D eigenvalue weighted by Crippen LogP contribution is -2.46. The summed E-state index contributed by atoms with van der Waals surface area (Å²) in [6.45, 7) is 0. The van der Waals surface area contributed by atoms with E-state index in [4.69, 9.17) is 18.1 Å². The quantitative estimate of drug-likeness (QED) is 0.360. The maximum absolute atomic E-state index is 10.6. The average Bonchev–Trinajstić information content (AvgIpc) is 2.67. The van der Waals surface area contributed by atoms with E-state index >= 15 is 0 Å². The van der Waals surface area contributed by atoms with Crippen molar-refractivity contribution in [3.05, 3.63) is 42.1 Å². The number of para-hydroxylation sites is 1. The van der Waals surface area contributed by atoms with Crippen LogP contribution in [0.2, 0.25) is 0 Å². The molecule has 25 heavy (non-hydrogen) atoms. The number of nitrogens with one attached hydrogen (secondary N) is 1. The van der Waals surface area contributed by atoms with Gasteiger partial charge in [-0.3, -0.25) is 9.78 Å². The number of carbonyl (C=O) groups is 1. The largest absolute Gasteiger partial charge is 0.348 e. The normalized spacial score (nSPS) is 13.8. The van der Waals surface area contributed by atoms with Crippen LogP contribution in [0.4, 0.5) is 0 Å². The number of nitrogens with two attached hydrogens (primary N) is 1. The molecule has 0 spiro atoms. The Morgan fingerprint density at radius 1 is 1.28 bits per heavy atom. The molecule has 7 heteroatoms. The third-order valence-electron chi connectivity index (χ3n) is 4.36. The predicted molar refractivity (Wildman–Crippen MR) is 109 cm³/mol. The minimum atomic E-state index is 0. The number of aromatic nitrogens is 1. The number of pyridine rings is 1. The van der Waals surface area contributed by atoms with E-state index in [1.54, 1.807) is 12.3 Å². The number of hydrogen-bond acceptors (Lipinski definition) is 4. The molecule has 3 rings (SSSR count). The monoisotopic (exact) mass is 380 g/mol. The van der Waals surface area contributed by atoms with Crippen LogP contribution in [0.1, 0.15) is 42.5 Å². The van der Waals surface area contributed by atoms with E-state index in [0.29, 0.717) is 16.7 Å². The fourth-order valence-electron chi connectivity index (χ4n) is 2.96. The molecule has 1 aromatic carbocycles. The Balaban J connectivity index is 0.000000240. The van der Waals surface area contributed by atoms with Crippen molar-refractivity contribution in [1.82, 2.24) is 15.3 Å². The number of benzene rings is 1. The maximum atomic E-state index is 10.6. The molecule has 0 radical (unpaired) electrons. The van der Waals surface area contributed by atoms with Crippen LogP contribution in [0.3, 0.4) is 0 Å². The maximum Gasteiger partial charge on any atom is 0.183 e. The molecule has 1 aromatic heterocycles. The Hall–Kier alpha value is -1.76. The van der Waals surface area contributed by atoms with E-state index < -0.39 is 0 Å². The molecule has 0 amide bonds. The van der Waals surface area contributed by atoms with Crippen LogP contribution in [-0.4, -0.2) is 34.4 Å². The summed E-state index contributed by atoms with van der Waals surface area (Å²) in [4.78, 5) is 16.8. The van der Waals surface area contributed by atoms with Gasteiger partial charge in [-0.1, -0.05) is 37.5 Å². The molecule has 136 valence electrons. The van der Waals surface area contributed by atoms with Gasteiger partial charge in [-0.05, 0) is 37.2 Å². The van der Waals surface area contributed by atoms with Crippen molar-refractivity contribution in [3.63, 3.8) is 0 Å². The van der Waals surface area contributed by atoms with Crippen molar-refractivity contribution >= 4 is 46.9 Å². The summed E-state index contributed by atoms with van der Waals surface area (Å²) in [6.07, 6.45) is 9.03. The Morgan fingerprint density at radius 2 is 1.96 bits per heavy atom. The summed E-state index contributed by atoms with van der Waals surface area (Å²) < 4.78 is 0. The average molecular weight is 381 g/mol. The van der Waals surface area contributed by atoms with Gasteiger partial charge in [0, 0.05) is 30.2 Å². The number of rotatable bonds is 2. The van der Waals surface area contributed by atoms with Crippen LogP contribution in [0, 0.1) is 0 Å². The molecule has 0 aliphatic heterocycles. The third-order valence-corrected chi connectivity index (χ3v) is 4.76. The molecule has 1 heterocycles. The second-order valence-corrected chi connectivity index (χ2v) is 6.28. The highest BCUT2D eigenvalue weighted by Crippen LogP contribution is 2.21. The summed E-state index contributed by atoms with van der Waals surface area (Å²) >= 11 is 5.05. The first kappa shape index (κ1) is 21.3. The molecular weight excluding hydrogens is 356 g/mol. The van der Waals surface area contributed by atoms with Gasteiger partial charge in [-0.2, -0.15) is 0 Å². The van der Waals surface area contributed by atoms with Crippen molar-refractivity contribution < 1.29 is 4.79 Å². The van der Waals surface area contributed by atoms with Gasteiger partial charge in [0.05, 0.1) is 5.52 Å². The summed E-state index contributed by atoms with van der Waals surface area (Å²) in [5.41, 5.74) is 3.94. The number of hydrogen-bond donors (Lipinski definition) is 2. The molecule has 1 fully saturated rings. The molecule has 0 atom stereocenters. The van der Waals surface area contributed by atoms with Crippen LogP contribution in [0.25, 0.3) is 10.9 Å². The number of hydrazine groups is 1. The van der Waals surface area contributed by atoms with Crippen LogP contribution in [-0.2, 0) is 0 Å². The van der Waals surface area contributed by atoms with Gasteiger partial charge in [-0.15, -0.1) is 12.4 Å². The zero-order valence-electron chi connectivity index (χ0n) is 14.4. The Labute approximate surface area is 160 Å². The van der Waals surface area contributed by atoms with Gasteiger partial charge in [0.2, 0.25) is 0 Å². The van der Waals surface area contributed by atoms with E-state index in [1.807, 2.05) is 31.3 Å². The highest BCUT2D eigenvalue weighted by Gasteiger charge is 2.18. The van der Waals surface area contributed by atoms with Gasteiger partial charge in [0.15, 0.2) is 11.4 Å². The van der Waals surface area contributed by atoms with Crippen LogP contribution in [0.15, 0.2) is 36.5 Å². The standard InChI is InChI=1S/C10H7NO.C8H17N3S.ClH/c12-7-9-4-1-3-8-5-2-6-11-10(8)9;1-11(8(12)10-9)7-5-3-2-4-6-7;/h1-7H;7H,2-6,9H2,1H3,(H,10,12);1H. The van der Waals surface area contributed by atoms with E-state index in [-0.39, 0.29) is 12.4 Å². The van der Waals surface area contributed by atoms with Gasteiger partial charge in [-0.25, -0.2) is 5.84 Å². The number of carbonyl (C=O) groups excluding carboxylic acids is 1. The lowest BCUT2D eigenvalue weighted by Gasteiger charge is -2.32. The first-order chi connectivity index (χ1) is 11.7. The molecule has 0 unspecified atom stereocenters. The molecule has 0 bridgehead atoms. The highest BCUT2D eigenvalue weighted by atomic mass is 35.5. The summed E-state index contributed by atoms with van der Waals surface area (Å²) in [5, 5.41) is 1.66. The SMILES string of the molecule is CN(C(=S)NN)C1CCCCC1.Cl.O=Cc1cccc2cccnc12.